The van der Waals surface area contributed by atoms with Crippen molar-refractivity contribution < 1.29 is 9.21 Å². The molecule has 4 rings (SSSR count). The number of anilines is 1. The third-order valence-corrected chi connectivity index (χ3v) is 4.80. The first kappa shape index (κ1) is 14.8. The number of carbonyl (C=O) groups excluding carboxylic acids is 1. The zero-order valence-electron chi connectivity index (χ0n) is 13.6. The molecule has 24 heavy (non-hydrogen) atoms. The Bertz CT molecular complexity index is 855. The van der Waals surface area contributed by atoms with E-state index in [2.05, 4.69) is 18.2 Å². The van der Waals surface area contributed by atoms with E-state index < -0.39 is 5.41 Å². The van der Waals surface area contributed by atoms with Gasteiger partial charge in [0.05, 0.1) is 18.2 Å². The molecule has 0 N–H and O–H groups in total. The number of furan rings is 1. The molecule has 3 nitrogen and oxygen atoms in total. The minimum atomic E-state index is -0.594. The molecule has 2 aromatic carbocycles. The van der Waals surface area contributed by atoms with Crippen LogP contribution < -0.4 is 4.90 Å². The third-order valence-electron chi connectivity index (χ3n) is 4.80. The fraction of sp³-hybridized carbons (Fsp3) is 0.190. The zero-order valence-corrected chi connectivity index (χ0v) is 13.6. The van der Waals surface area contributed by atoms with Crippen molar-refractivity contribution in [2.45, 2.75) is 25.3 Å². The molecule has 0 saturated carbocycles. The molecule has 3 heteroatoms. The summed E-state index contributed by atoms with van der Waals surface area (Å²) in [6, 6.07) is 22.0. The summed E-state index contributed by atoms with van der Waals surface area (Å²) in [6.07, 6.45) is 2.23. The highest BCUT2D eigenvalue weighted by atomic mass is 16.3. The van der Waals surface area contributed by atoms with E-state index in [4.69, 9.17) is 4.42 Å². The molecule has 120 valence electrons. The lowest BCUT2D eigenvalue weighted by Gasteiger charge is -2.23. The van der Waals surface area contributed by atoms with Crippen LogP contribution in [-0.4, -0.2) is 5.91 Å². The average Bonchev–Trinajstić information content (AvgIpc) is 3.18. The molecule has 0 bridgehead atoms. The van der Waals surface area contributed by atoms with Crippen molar-refractivity contribution in [1.29, 1.82) is 0 Å². The van der Waals surface area contributed by atoms with Gasteiger partial charge in [-0.25, -0.2) is 0 Å². The topological polar surface area (TPSA) is 33.5 Å². The summed E-state index contributed by atoms with van der Waals surface area (Å²) in [7, 11) is 0. The smallest absolute Gasteiger partial charge is 0.238 e. The number of fused-ring (bicyclic) bond motifs is 1. The van der Waals surface area contributed by atoms with Gasteiger partial charge in [0.15, 0.2) is 0 Å². The number of nitrogens with zero attached hydrogens (tertiary/aromatic N) is 1. The van der Waals surface area contributed by atoms with Gasteiger partial charge < -0.3 is 9.32 Å². The van der Waals surface area contributed by atoms with E-state index in [-0.39, 0.29) is 5.91 Å². The first-order valence-electron chi connectivity index (χ1n) is 8.16. The van der Waals surface area contributed by atoms with Gasteiger partial charge in [-0.2, -0.15) is 0 Å². The molecular formula is C21H19NO2. The first-order chi connectivity index (χ1) is 11.7. The van der Waals surface area contributed by atoms with Crippen molar-refractivity contribution >= 4 is 11.6 Å². The minimum absolute atomic E-state index is 0.129. The number of rotatable bonds is 4. The predicted octanol–water partition coefficient (Wildman–Crippen LogP) is 4.33. The number of hydrogen-bond acceptors (Lipinski definition) is 2. The first-order valence-corrected chi connectivity index (χ1v) is 8.16. The van der Waals surface area contributed by atoms with E-state index in [9.17, 15) is 4.79 Å². The van der Waals surface area contributed by atoms with Crippen LogP contribution in [0.4, 0.5) is 5.69 Å². The summed E-state index contributed by atoms with van der Waals surface area (Å²) < 4.78 is 5.51. The van der Waals surface area contributed by atoms with Gasteiger partial charge in [-0.15, -0.1) is 0 Å². The maximum Gasteiger partial charge on any atom is 0.238 e. The lowest BCUT2D eigenvalue weighted by atomic mass is 9.80. The predicted molar refractivity (Wildman–Crippen MR) is 93.8 cm³/mol. The third kappa shape index (κ3) is 2.33. The summed E-state index contributed by atoms with van der Waals surface area (Å²) in [6.45, 7) is 2.60. The normalized spacial score (nSPS) is 19.5. The standard InChI is InChI=1S/C21H19NO2/c1-21(14-17-10-7-13-24-17)18-11-5-6-12-19(18)22(20(21)23)15-16-8-3-2-4-9-16/h2-13H,14-15H2,1H3. The number of amides is 1. The number of hydrogen-bond donors (Lipinski definition) is 0. The second kappa shape index (κ2) is 5.68. The van der Waals surface area contributed by atoms with Gasteiger partial charge in [-0.05, 0) is 36.2 Å². The lowest BCUT2D eigenvalue weighted by molar-refractivity contribution is -0.122. The summed E-state index contributed by atoms with van der Waals surface area (Å²) in [4.78, 5) is 15.2. The van der Waals surface area contributed by atoms with Crippen molar-refractivity contribution in [2.24, 2.45) is 0 Å². The highest BCUT2D eigenvalue weighted by molar-refractivity contribution is 6.07. The van der Waals surface area contributed by atoms with E-state index >= 15 is 0 Å². The molecule has 0 aliphatic carbocycles. The molecule has 1 atom stereocenters. The summed E-state index contributed by atoms with van der Waals surface area (Å²) in [5.41, 5.74) is 2.61. The van der Waals surface area contributed by atoms with Crippen LogP contribution in [0.3, 0.4) is 0 Å². The van der Waals surface area contributed by atoms with Gasteiger partial charge >= 0.3 is 0 Å². The van der Waals surface area contributed by atoms with Crippen molar-refractivity contribution in [2.75, 3.05) is 4.90 Å². The summed E-state index contributed by atoms with van der Waals surface area (Å²) >= 11 is 0. The monoisotopic (exact) mass is 317 g/mol. The van der Waals surface area contributed by atoms with Crippen LogP contribution in [0.5, 0.6) is 0 Å². The van der Waals surface area contributed by atoms with Crippen LogP contribution in [0.1, 0.15) is 23.8 Å². The summed E-state index contributed by atoms with van der Waals surface area (Å²) in [5.74, 6) is 0.964. The molecule has 0 spiro atoms. The average molecular weight is 317 g/mol. The molecule has 1 amide bonds. The molecular weight excluding hydrogens is 298 g/mol. The van der Waals surface area contributed by atoms with Crippen molar-refractivity contribution in [1.82, 2.24) is 0 Å². The van der Waals surface area contributed by atoms with E-state index in [0.29, 0.717) is 13.0 Å². The van der Waals surface area contributed by atoms with Crippen LogP contribution >= 0.6 is 0 Å². The Kier molecular flexibility index (Phi) is 3.49. The largest absolute Gasteiger partial charge is 0.469 e. The van der Waals surface area contributed by atoms with Gasteiger partial charge in [0.2, 0.25) is 5.91 Å². The SMILES string of the molecule is CC1(Cc2ccco2)C(=O)N(Cc2ccccc2)c2ccccc21. The van der Waals surface area contributed by atoms with Gasteiger partial charge in [0.25, 0.3) is 0 Å². The van der Waals surface area contributed by atoms with Gasteiger partial charge in [-0.1, -0.05) is 48.5 Å². The maximum absolute atomic E-state index is 13.3. The zero-order chi connectivity index (χ0) is 16.6. The van der Waals surface area contributed by atoms with Crippen LogP contribution in [0.25, 0.3) is 0 Å². The van der Waals surface area contributed by atoms with Crippen LogP contribution in [0, 0.1) is 0 Å². The number of para-hydroxylation sites is 1. The second-order valence-corrected chi connectivity index (χ2v) is 6.48. The van der Waals surface area contributed by atoms with Crippen LogP contribution in [0.2, 0.25) is 0 Å². The molecule has 0 saturated heterocycles. The number of benzene rings is 2. The fourth-order valence-corrected chi connectivity index (χ4v) is 3.55. The molecule has 1 unspecified atom stereocenters. The Balaban J connectivity index is 1.74. The Morgan fingerprint density at radius 3 is 2.46 bits per heavy atom. The molecule has 0 fully saturated rings. The molecule has 2 heterocycles. The van der Waals surface area contributed by atoms with Gasteiger partial charge in [0.1, 0.15) is 5.76 Å². The molecule has 1 aliphatic rings. The van der Waals surface area contributed by atoms with Crippen LogP contribution in [-0.2, 0) is 23.2 Å². The van der Waals surface area contributed by atoms with E-state index in [1.54, 1.807) is 6.26 Å². The van der Waals surface area contributed by atoms with Crippen molar-refractivity contribution in [3.8, 4) is 0 Å². The fourth-order valence-electron chi connectivity index (χ4n) is 3.55. The summed E-state index contributed by atoms with van der Waals surface area (Å²) in [5, 5.41) is 0. The van der Waals surface area contributed by atoms with E-state index in [1.165, 1.54) is 0 Å². The second-order valence-electron chi connectivity index (χ2n) is 6.48. The Morgan fingerprint density at radius 2 is 1.71 bits per heavy atom. The van der Waals surface area contributed by atoms with Gasteiger partial charge in [-0.3, -0.25) is 4.79 Å². The highest BCUT2D eigenvalue weighted by Crippen LogP contribution is 2.44. The van der Waals surface area contributed by atoms with E-state index in [1.807, 2.05) is 60.4 Å². The highest BCUT2D eigenvalue weighted by Gasteiger charge is 2.47. The Morgan fingerprint density at radius 1 is 0.958 bits per heavy atom. The molecule has 1 aliphatic heterocycles. The number of carbonyl (C=O) groups is 1. The lowest BCUT2D eigenvalue weighted by Crippen LogP contribution is -2.39. The Labute approximate surface area is 141 Å². The van der Waals surface area contributed by atoms with Crippen molar-refractivity contribution in [3.05, 3.63) is 89.9 Å². The molecule has 3 aromatic rings. The van der Waals surface area contributed by atoms with Crippen LogP contribution in [0.15, 0.2) is 77.4 Å². The van der Waals surface area contributed by atoms with E-state index in [0.717, 1.165) is 22.6 Å². The Hall–Kier alpha value is -2.81. The van der Waals surface area contributed by atoms with Gasteiger partial charge in [0, 0.05) is 12.1 Å². The van der Waals surface area contributed by atoms with Crippen molar-refractivity contribution in [3.63, 3.8) is 0 Å². The molecule has 1 aromatic heterocycles. The minimum Gasteiger partial charge on any atom is -0.469 e. The molecule has 0 radical (unpaired) electrons. The maximum atomic E-state index is 13.3. The quantitative estimate of drug-likeness (QED) is 0.718.